The number of amides is 1. The van der Waals surface area contributed by atoms with Crippen LogP contribution in [0.15, 0.2) is 18.7 Å². The molecule has 1 amide bonds. The average molecular weight is 210 g/mol. The summed E-state index contributed by atoms with van der Waals surface area (Å²) in [6.45, 7) is 4.55. The van der Waals surface area contributed by atoms with Crippen molar-refractivity contribution >= 4 is 5.91 Å². The van der Waals surface area contributed by atoms with Crippen LogP contribution in [0.1, 0.15) is 20.3 Å². The van der Waals surface area contributed by atoms with Gasteiger partial charge in [0.1, 0.15) is 0 Å². The number of aromatic nitrogens is 2. The zero-order chi connectivity index (χ0) is 11.3. The van der Waals surface area contributed by atoms with Gasteiger partial charge in [-0.05, 0) is 13.3 Å². The Bertz CT molecular complexity index is 296. The van der Waals surface area contributed by atoms with Crippen LogP contribution in [0, 0.1) is 0 Å². The van der Waals surface area contributed by atoms with Gasteiger partial charge in [0.2, 0.25) is 5.91 Å². The monoisotopic (exact) mass is 210 g/mol. The van der Waals surface area contributed by atoms with Gasteiger partial charge in [0, 0.05) is 25.0 Å². The Labute approximate surface area is 89.7 Å². The molecule has 0 aliphatic heterocycles. The van der Waals surface area contributed by atoms with Crippen LogP contribution in [0.4, 0.5) is 0 Å². The molecule has 0 aliphatic rings. The van der Waals surface area contributed by atoms with E-state index < -0.39 is 6.04 Å². The zero-order valence-corrected chi connectivity index (χ0v) is 9.18. The summed E-state index contributed by atoms with van der Waals surface area (Å²) in [5, 5.41) is 2.86. The van der Waals surface area contributed by atoms with Gasteiger partial charge in [-0.25, -0.2) is 4.98 Å². The summed E-state index contributed by atoms with van der Waals surface area (Å²) in [5.74, 6) is -0.0925. The molecule has 84 valence electrons. The molecule has 0 fully saturated rings. The van der Waals surface area contributed by atoms with Crippen LogP contribution < -0.4 is 11.1 Å². The first-order chi connectivity index (χ1) is 7.13. The minimum Gasteiger partial charge on any atom is -0.351 e. The lowest BCUT2D eigenvalue weighted by Crippen LogP contribution is -2.45. The van der Waals surface area contributed by atoms with E-state index in [9.17, 15) is 4.79 Å². The van der Waals surface area contributed by atoms with Crippen molar-refractivity contribution in [2.24, 2.45) is 5.73 Å². The van der Waals surface area contributed by atoms with Crippen molar-refractivity contribution in [1.29, 1.82) is 0 Å². The first-order valence-electron chi connectivity index (χ1n) is 5.15. The molecule has 1 aromatic heterocycles. The number of nitrogens with zero attached hydrogens (tertiary/aromatic N) is 2. The van der Waals surface area contributed by atoms with Crippen LogP contribution >= 0.6 is 0 Å². The molecule has 0 bridgehead atoms. The summed E-state index contributed by atoms with van der Waals surface area (Å²) >= 11 is 0. The summed E-state index contributed by atoms with van der Waals surface area (Å²) in [6, 6.07) is -0.348. The maximum Gasteiger partial charge on any atom is 0.237 e. The minimum atomic E-state index is -0.407. The van der Waals surface area contributed by atoms with E-state index in [2.05, 4.69) is 10.3 Å². The fraction of sp³-hybridized carbons (Fsp3) is 0.600. The zero-order valence-electron chi connectivity index (χ0n) is 9.18. The van der Waals surface area contributed by atoms with Gasteiger partial charge in [-0.15, -0.1) is 0 Å². The fourth-order valence-corrected chi connectivity index (χ4v) is 1.29. The average Bonchev–Trinajstić information content (AvgIpc) is 2.68. The van der Waals surface area contributed by atoms with E-state index >= 15 is 0 Å². The summed E-state index contributed by atoms with van der Waals surface area (Å²) in [4.78, 5) is 15.4. The van der Waals surface area contributed by atoms with Gasteiger partial charge < -0.3 is 15.6 Å². The van der Waals surface area contributed by atoms with Crippen molar-refractivity contribution in [1.82, 2.24) is 14.9 Å². The molecule has 1 unspecified atom stereocenters. The molecule has 0 spiro atoms. The summed E-state index contributed by atoms with van der Waals surface area (Å²) in [7, 11) is 0. The van der Waals surface area contributed by atoms with Crippen molar-refractivity contribution in [3.63, 3.8) is 0 Å². The Morgan fingerprint density at radius 3 is 2.93 bits per heavy atom. The van der Waals surface area contributed by atoms with Crippen molar-refractivity contribution in [2.75, 3.05) is 0 Å². The SMILES string of the molecule is CC[C@@H](N)C(=O)NC(C)Cn1ccnc1. The standard InChI is InChI=1S/C10H18N4O/c1-3-9(11)10(15)13-8(2)6-14-5-4-12-7-14/h4-5,7-9H,3,6,11H2,1-2H3,(H,13,15)/t8?,9-/m1/s1. The highest BCUT2D eigenvalue weighted by Crippen LogP contribution is 1.93. The quantitative estimate of drug-likeness (QED) is 0.725. The van der Waals surface area contributed by atoms with Crippen LogP contribution in [-0.4, -0.2) is 27.5 Å². The predicted octanol–water partition coefficient (Wildman–Crippen LogP) is 0.125. The molecule has 1 rings (SSSR count). The molecule has 5 heteroatoms. The third-order valence-electron chi connectivity index (χ3n) is 2.21. The minimum absolute atomic E-state index is 0.0595. The highest BCUT2D eigenvalue weighted by Gasteiger charge is 2.13. The molecule has 1 aromatic rings. The first-order valence-corrected chi connectivity index (χ1v) is 5.15. The molecule has 1 heterocycles. The number of rotatable bonds is 5. The van der Waals surface area contributed by atoms with E-state index in [1.807, 2.05) is 24.6 Å². The van der Waals surface area contributed by atoms with E-state index in [0.717, 1.165) is 0 Å². The smallest absolute Gasteiger partial charge is 0.237 e. The maximum atomic E-state index is 11.5. The summed E-state index contributed by atoms with van der Waals surface area (Å²) in [5.41, 5.74) is 5.61. The lowest BCUT2D eigenvalue weighted by atomic mass is 10.2. The molecule has 5 nitrogen and oxygen atoms in total. The van der Waals surface area contributed by atoms with E-state index in [-0.39, 0.29) is 11.9 Å². The third kappa shape index (κ3) is 3.71. The molecule has 15 heavy (non-hydrogen) atoms. The second kappa shape index (κ2) is 5.50. The van der Waals surface area contributed by atoms with E-state index in [1.165, 1.54) is 0 Å². The van der Waals surface area contributed by atoms with E-state index in [4.69, 9.17) is 5.73 Å². The van der Waals surface area contributed by atoms with Gasteiger partial charge in [-0.2, -0.15) is 0 Å². The number of carbonyl (C=O) groups is 1. The molecule has 0 aliphatic carbocycles. The van der Waals surface area contributed by atoms with E-state index in [1.54, 1.807) is 12.5 Å². The summed E-state index contributed by atoms with van der Waals surface area (Å²) < 4.78 is 1.92. The largest absolute Gasteiger partial charge is 0.351 e. The van der Waals surface area contributed by atoms with Crippen LogP contribution in [0.25, 0.3) is 0 Å². The second-order valence-corrected chi connectivity index (χ2v) is 3.68. The lowest BCUT2D eigenvalue weighted by Gasteiger charge is -2.16. The van der Waals surface area contributed by atoms with Gasteiger partial charge in [-0.1, -0.05) is 6.92 Å². The highest BCUT2D eigenvalue weighted by molar-refractivity contribution is 5.81. The molecule has 0 aromatic carbocycles. The van der Waals surface area contributed by atoms with Gasteiger partial charge in [0.15, 0.2) is 0 Å². The van der Waals surface area contributed by atoms with Crippen LogP contribution in [0.3, 0.4) is 0 Å². The number of hydrogen-bond donors (Lipinski definition) is 2. The molecular weight excluding hydrogens is 192 g/mol. The van der Waals surface area contributed by atoms with Crippen LogP contribution in [-0.2, 0) is 11.3 Å². The normalized spacial score (nSPS) is 14.6. The van der Waals surface area contributed by atoms with Gasteiger partial charge >= 0.3 is 0 Å². The Morgan fingerprint density at radius 1 is 1.67 bits per heavy atom. The first kappa shape index (κ1) is 11.7. The Morgan fingerprint density at radius 2 is 2.40 bits per heavy atom. The van der Waals surface area contributed by atoms with Crippen molar-refractivity contribution in [3.8, 4) is 0 Å². The number of hydrogen-bond acceptors (Lipinski definition) is 3. The van der Waals surface area contributed by atoms with Gasteiger partial charge in [0.25, 0.3) is 0 Å². The van der Waals surface area contributed by atoms with Gasteiger partial charge in [-0.3, -0.25) is 4.79 Å². The second-order valence-electron chi connectivity index (χ2n) is 3.68. The Hall–Kier alpha value is -1.36. The molecule has 2 atom stereocenters. The fourth-order valence-electron chi connectivity index (χ4n) is 1.29. The van der Waals surface area contributed by atoms with Crippen LogP contribution in [0.2, 0.25) is 0 Å². The predicted molar refractivity (Wildman–Crippen MR) is 58.1 cm³/mol. The number of nitrogens with two attached hydrogens (primary N) is 1. The van der Waals surface area contributed by atoms with Crippen LogP contribution in [0.5, 0.6) is 0 Å². The third-order valence-corrected chi connectivity index (χ3v) is 2.21. The van der Waals surface area contributed by atoms with Crippen molar-refractivity contribution < 1.29 is 4.79 Å². The Balaban J connectivity index is 2.36. The van der Waals surface area contributed by atoms with Crippen molar-refractivity contribution in [2.45, 2.75) is 38.9 Å². The Kier molecular flexibility index (Phi) is 4.30. The molecule has 0 saturated carbocycles. The van der Waals surface area contributed by atoms with Gasteiger partial charge in [0.05, 0.1) is 12.4 Å². The van der Waals surface area contributed by atoms with E-state index in [0.29, 0.717) is 13.0 Å². The van der Waals surface area contributed by atoms with Crippen molar-refractivity contribution in [3.05, 3.63) is 18.7 Å². The topological polar surface area (TPSA) is 72.9 Å². The molecular formula is C10H18N4O. The number of imidazole rings is 1. The maximum absolute atomic E-state index is 11.5. The highest BCUT2D eigenvalue weighted by atomic mass is 16.2. The summed E-state index contributed by atoms with van der Waals surface area (Å²) in [6.07, 6.45) is 5.96. The molecule has 3 N–H and O–H groups in total. The lowest BCUT2D eigenvalue weighted by molar-refractivity contribution is -0.123. The molecule has 0 radical (unpaired) electrons. The molecule has 0 saturated heterocycles. The number of nitrogens with one attached hydrogen (secondary N) is 1. The number of carbonyl (C=O) groups excluding carboxylic acids is 1.